The van der Waals surface area contributed by atoms with Gasteiger partial charge in [0.15, 0.2) is 12.4 Å². The van der Waals surface area contributed by atoms with Crippen molar-refractivity contribution in [3.05, 3.63) is 90.0 Å². The first-order valence-corrected chi connectivity index (χ1v) is 9.63. The highest BCUT2D eigenvalue weighted by molar-refractivity contribution is 5.97. The van der Waals surface area contributed by atoms with E-state index < -0.39 is 24.4 Å². The van der Waals surface area contributed by atoms with Gasteiger partial charge in [0.25, 0.3) is 11.8 Å². The van der Waals surface area contributed by atoms with Gasteiger partial charge in [-0.2, -0.15) is 0 Å². The molecule has 3 aromatic carbocycles. The summed E-state index contributed by atoms with van der Waals surface area (Å²) in [4.78, 5) is 35.9. The van der Waals surface area contributed by atoms with Crippen molar-refractivity contribution in [2.24, 2.45) is 0 Å². The van der Waals surface area contributed by atoms with Crippen molar-refractivity contribution >= 4 is 23.5 Å². The van der Waals surface area contributed by atoms with Crippen LogP contribution in [0.15, 0.2) is 78.9 Å². The number of rotatable bonds is 8. The summed E-state index contributed by atoms with van der Waals surface area (Å²) >= 11 is 0. The standard InChI is InChI=1S/C24H22N2O5/c1-17-11-13-19(14-12-17)31-21-10-6-5-9-20(21)26-22(27)16-30-23(28)15-25-24(29)18-7-3-2-4-8-18/h2-14H,15-16H2,1H3,(H,25,29)(H,26,27). The molecule has 3 rings (SSSR count). The highest BCUT2D eigenvalue weighted by Gasteiger charge is 2.12. The van der Waals surface area contributed by atoms with Gasteiger partial charge < -0.3 is 20.1 Å². The van der Waals surface area contributed by atoms with Gasteiger partial charge in [0.05, 0.1) is 5.69 Å². The van der Waals surface area contributed by atoms with Crippen LogP contribution in [-0.4, -0.2) is 30.9 Å². The maximum Gasteiger partial charge on any atom is 0.325 e. The fourth-order valence-corrected chi connectivity index (χ4v) is 2.62. The number of nitrogens with one attached hydrogen (secondary N) is 2. The molecule has 31 heavy (non-hydrogen) atoms. The van der Waals surface area contributed by atoms with Gasteiger partial charge in [0.2, 0.25) is 0 Å². The lowest BCUT2D eigenvalue weighted by molar-refractivity contribution is -0.146. The van der Waals surface area contributed by atoms with E-state index in [-0.39, 0.29) is 6.54 Å². The predicted octanol–water partition coefficient (Wildman–Crippen LogP) is 3.70. The first kappa shape index (κ1) is 21.6. The van der Waals surface area contributed by atoms with Crippen LogP contribution in [0.5, 0.6) is 11.5 Å². The summed E-state index contributed by atoms with van der Waals surface area (Å²) in [5.41, 5.74) is 1.98. The number of anilines is 1. The Kier molecular flexibility index (Phi) is 7.37. The van der Waals surface area contributed by atoms with E-state index in [1.54, 1.807) is 54.6 Å². The second-order valence-corrected chi connectivity index (χ2v) is 6.67. The second-order valence-electron chi connectivity index (χ2n) is 6.67. The summed E-state index contributed by atoms with van der Waals surface area (Å²) in [7, 11) is 0. The number of aryl methyl sites for hydroxylation is 1. The van der Waals surface area contributed by atoms with Gasteiger partial charge in [-0.05, 0) is 43.3 Å². The van der Waals surface area contributed by atoms with Crippen LogP contribution < -0.4 is 15.4 Å². The molecule has 0 heterocycles. The highest BCUT2D eigenvalue weighted by atomic mass is 16.5. The maximum atomic E-state index is 12.2. The highest BCUT2D eigenvalue weighted by Crippen LogP contribution is 2.29. The molecule has 7 nitrogen and oxygen atoms in total. The van der Waals surface area contributed by atoms with Gasteiger partial charge in [0, 0.05) is 5.56 Å². The number of amides is 2. The molecule has 158 valence electrons. The van der Waals surface area contributed by atoms with Crippen LogP contribution in [0.4, 0.5) is 5.69 Å². The third-order valence-electron chi connectivity index (χ3n) is 4.20. The average Bonchev–Trinajstić information content (AvgIpc) is 2.79. The summed E-state index contributed by atoms with van der Waals surface area (Å²) in [6.07, 6.45) is 0. The van der Waals surface area contributed by atoms with Crippen LogP contribution in [0, 0.1) is 6.92 Å². The maximum absolute atomic E-state index is 12.2. The van der Waals surface area contributed by atoms with E-state index in [9.17, 15) is 14.4 Å². The molecular weight excluding hydrogens is 396 g/mol. The van der Waals surface area contributed by atoms with E-state index in [2.05, 4.69) is 10.6 Å². The first-order chi connectivity index (χ1) is 15.0. The minimum Gasteiger partial charge on any atom is -0.455 e. The van der Waals surface area contributed by atoms with Crippen LogP contribution >= 0.6 is 0 Å². The normalized spacial score (nSPS) is 10.1. The molecule has 0 aliphatic carbocycles. The Labute approximate surface area is 180 Å². The first-order valence-electron chi connectivity index (χ1n) is 9.63. The van der Waals surface area contributed by atoms with Crippen molar-refractivity contribution < 1.29 is 23.9 Å². The zero-order valence-corrected chi connectivity index (χ0v) is 17.0. The fourth-order valence-electron chi connectivity index (χ4n) is 2.62. The summed E-state index contributed by atoms with van der Waals surface area (Å²) in [5.74, 6) is -0.551. The Morgan fingerprint density at radius 3 is 2.26 bits per heavy atom. The van der Waals surface area contributed by atoms with Gasteiger partial charge >= 0.3 is 5.97 Å². The van der Waals surface area contributed by atoms with Crippen molar-refractivity contribution in [1.29, 1.82) is 0 Å². The lowest BCUT2D eigenvalue weighted by Gasteiger charge is -2.12. The molecule has 0 aliphatic heterocycles. The quantitative estimate of drug-likeness (QED) is 0.544. The predicted molar refractivity (Wildman–Crippen MR) is 116 cm³/mol. The Hall–Kier alpha value is -4.13. The average molecular weight is 418 g/mol. The van der Waals surface area contributed by atoms with Crippen LogP contribution in [0.1, 0.15) is 15.9 Å². The third-order valence-corrected chi connectivity index (χ3v) is 4.20. The molecule has 2 N–H and O–H groups in total. The van der Waals surface area contributed by atoms with Crippen LogP contribution in [0.2, 0.25) is 0 Å². The zero-order valence-electron chi connectivity index (χ0n) is 17.0. The summed E-state index contributed by atoms with van der Waals surface area (Å²) in [5, 5.41) is 5.11. The minimum atomic E-state index is -0.719. The topological polar surface area (TPSA) is 93.7 Å². The largest absolute Gasteiger partial charge is 0.455 e. The number of ether oxygens (including phenoxy) is 2. The fraction of sp³-hybridized carbons (Fsp3) is 0.125. The van der Waals surface area contributed by atoms with E-state index in [1.807, 2.05) is 31.2 Å². The van der Waals surface area contributed by atoms with Crippen molar-refractivity contribution in [3.63, 3.8) is 0 Å². The monoisotopic (exact) mass is 418 g/mol. The number of carbonyl (C=O) groups excluding carboxylic acids is 3. The Bertz CT molecular complexity index is 1050. The lowest BCUT2D eigenvalue weighted by Crippen LogP contribution is -2.32. The summed E-state index contributed by atoms with van der Waals surface area (Å²) < 4.78 is 10.8. The number of para-hydroxylation sites is 2. The van der Waals surface area contributed by atoms with Crippen LogP contribution in [0.3, 0.4) is 0 Å². The number of benzene rings is 3. The Balaban J connectivity index is 1.48. The number of hydrogen-bond acceptors (Lipinski definition) is 5. The zero-order chi connectivity index (χ0) is 22.1. The van der Waals surface area contributed by atoms with Gasteiger partial charge in [-0.25, -0.2) is 0 Å². The van der Waals surface area contributed by atoms with E-state index in [4.69, 9.17) is 9.47 Å². The molecule has 0 saturated heterocycles. The van der Waals surface area contributed by atoms with E-state index in [1.165, 1.54) is 0 Å². The van der Waals surface area contributed by atoms with Gasteiger partial charge in [0.1, 0.15) is 12.3 Å². The van der Waals surface area contributed by atoms with Crippen molar-refractivity contribution in [1.82, 2.24) is 5.32 Å². The van der Waals surface area contributed by atoms with Gasteiger partial charge in [-0.1, -0.05) is 48.0 Å². The van der Waals surface area contributed by atoms with Gasteiger partial charge in [-0.15, -0.1) is 0 Å². The summed E-state index contributed by atoms with van der Waals surface area (Å²) in [6, 6.07) is 22.9. The third kappa shape index (κ3) is 6.71. The van der Waals surface area contributed by atoms with E-state index in [0.717, 1.165) is 5.56 Å². The molecule has 0 aliphatic rings. The Morgan fingerprint density at radius 1 is 0.839 bits per heavy atom. The number of carbonyl (C=O) groups is 3. The minimum absolute atomic E-state index is 0.339. The molecule has 2 amide bonds. The number of hydrogen-bond donors (Lipinski definition) is 2. The molecule has 0 unspecified atom stereocenters. The Morgan fingerprint density at radius 2 is 1.52 bits per heavy atom. The molecule has 0 fully saturated rings. The second kappa shape index (κ2) is 10.6. The molecule has 0 saturated carbocycles. The van der Waals surface area contributed by atoms with Crippen LogP contribution in [0.25, 0.3) is 0 Å². The molecular formula is C24H22N2O5. The van der Waals surface area contributed by atoms with Crippen molar-refractivity contribution in [2.75, 3.05) is 18.5 Å². The van der Waals surface area contributed by atoms with Crippen LogP contribution in [-0.2, 0) is 14.3 Å². The van der Waals surface area contributed by atoms with Crippen molar-refractivity contribution in [2.45, 2.75) is 6.92 Å². The smallest absolute Gasteiger partial charge is 0.325 e. The molecule has 7 heteroatoms. The van der Waals surface area contributed by atoms with E-state index in [0.29, 0.717) is 22.7 Å². The van der Waals surface area contributed by atoms with E-state index >= 15 is 0 Å². The summed E-state index contributed by atoms with van der Waals surface area (Å²) in [6.45, 7) is 1.15. The molecule has 0 bridgehead atoms. The molecule has 0 radical (unpaired) electrons. The molecule has 3 aromatic rings. The lowest BCUT2D eigenvalue weighted by atomic mass is 10.2. The molecule has 0 atom stereocenters. The van der Waals surface area contributed by atoms with Crippen molar-refractivity contribution in [3.8, 4) is 11.5 Å². The number of esters is 1. The SMILES string of the molecule is Cc1ccc(Oc2ccccc2NC(=O)COC(=O)CNC(=O)c2ccccc2)cc1. The van der Waals surface area contributed by atoms with Gasteiger partial charge in [-0.3, -0.25) is 14.4 Å². The molecule has 0 spiro atoms. The molecule has 0 aromatic heterocycles.